The first-order valence-corrected chi connectivity index (χ1v) is 11.6. The van der Waals surface area contributed by atoms with Crippen molar-refractivity contribution in [2.24, 2.45) is 0 Å². The highest BCUT2D eigenvalue weighted by molar-refractivity contribution is 5.97. The molecule has 0 unspecified atom stereocenters. The molecule has 0 aliphatic heterocycles. The lowest BCUT2D eigenvalue weighted by Crippen LogP contribution is -2.37. The fourth-order valence-corrected chi connectivity index (χ4v) is 3.59. The van der Waals surface area contributed by atoms with Crippen LogP contribution in [0.5, 0.6) is 0 Å². The molecule has 0 saturated carbocycles. The van der Waals surface area contributed by atoms with Crippen LogP contribution in [0.3, 0.4) is 0 Å². The van der Waals surface area contributed by atoms with Crippen molar-refractivity contribution in [3.63, 3.8) is 0 Å². The molecule has 35 heavy (non-hydrogen) atoms. The van der Waals surface area contributed by atoms with E-state index < -0.39 is 0 Å². The van der Waals surface area contributed by atoms with Crippen molar-refractivity contribution in [1.29, 1.82) is 0 Å². The van der Waals surface area contributed by atoms with Gasteiger partial charge >= 0.3 is 0 Å². The van der Waals surface area contributed by atoms with Gasteiger partial charge in [0, 0.05) is 12.8 Å². The van der Waals surface area contributed by atoms with Crippen LogP contribution in [-0.4, -0.2) is 11.8 Å². The third-order valence-corrected chi connectivity index (χ3v) is 5.34. The maximum absolute atomic E-state index is 13.2. The summed E-state index contributed by atoms with van der Waals surface area (Å²) in [7, 11) is 0. The number of carbonyl (C=O) groups excluding carboxylic acids is 2. The number of benzene rings is 4. The summed E-state index contributed by atoms with van der Waals surface area (Å²) in [5.41, 5.74) is 9.48. The van der Waals surface area contributed by atoms with Gasteiger partial charge in [0.05, 0.1) is 22.7 Å². The number of hydrazine groups is 2. The zero-order valence-electron chi connectivity index (χ0n) is 19.4. The van der Waals surface area contributed by atoms with E-state index in [1.54, 1.807) is 0 Å². The van der Waals surface area contributed by atoms with Gasteiger partial charge in [0.15, 0.2) is 0 Å². The maximum atomic E-state index is 13.2. The molecule has 6 nitrogen and oxygen atoms in total. The fourth-order valence-electron chi connectivity index (χ4n) is 3.59. The van der Waals surface area contributed by atoms with Crippen molar-refractivity contribution in [1.82, 2.24) is 0 Å². The first-order valence-electron chi connectivity index (χ1n) is 11.6. The van der Waals surface area contributed by atoms with Gasteiger partial charge in [-0.05, 0) is 55.0 Å². The molecule has 0 fully saturated rings. The van der Waals surface area contributed by atoms with Crippen LogP contribution < -0.4 is 20.9 Å². The zero-order valence-corrected chi connectivity index (χ0v) is 19.4. The van der Waals surface area contributed by atoms with Crippen molar-refractivity contribution in [2.75, 3.05) is 20.9 Å². The lowest BCUT2D eigenvalue weighted by molar-refractivity contribution is -0.119. The molecule has 2 N–H and O–H groups in total. The average Bonchev–Trinajstić information content (AvgIpc) is 2.92. The Morgan fingerprint density at radius 3 is 1.14 bits per heavy atom. The summed E-state index contributed by atoms with van der Waals surface area (Å²) >= 11 is 0. The van der Waals surface area contributed by atoms with Gasteiger partial charge in [0.2, 0.25) is 11.8 Å². The van der Waals surface area contributed by atoms with Gasteiger partial charge in [-0.15, -0.1) is 0 Å². The summed E-state index contributed by atoms with van der Waals surface area (Å²) < 4.78 is 0. The van der Waals surface area contributed by atoms with E-state index in [2.05, 4.69) is 10.9 Å². The van der Waals surface area contributed by atoms with Crippen molar-refractivity contribution < 1.29 is 9.59 Å². The van der Waals surface area contributed by atoms with Crippen molar-refractivity contribution in [3.05, 3.63) is 121 Å². The Hall–Kier alpha value is -4.58. The van der Waals surface area contributed by atoms with E-state index in [1.165, 1.54) is 10.0 Å². The van der Waals surface area contributed by atoms with Gasteiger partial charge in [-0.3, -0.25) is 20.4 Å². The number of nitrogens with zero attached hydrogens (tertiary/aromatic N) is 2. The highest BCUT2D eigenvalue weighted by atomic mass is 16.2. The van der Waals surface area contributed by atoms with Crippen LogP contribution >= 0.6 is 0 Å². The summed E-state index contributed by atoms with van der Waals surface area (Å²) in [6, 6.07) is 38.0. The summed E-state index contributed by atoms with van der Waals surface area (Å²) in [6.07, 6.45) is 0.847. The van der Waals surface area contributed by atoms with Crippen LogP contribution in [0.2, 0.25) is 0 Å². The highest BCUT2D eigenvalue weighted by Crippen LogP contribution is 2.20. The lowest BCUT2D eigenvalue weighted by atomic mass is 10.2. The van der Waals surface area contributed by atoms with Gasteiger partial charge in [-0.1, -0.05) is 72.8 Å². The maximum Gasteiger partial charge on any atom is 0.245 e. The molecule has 0 radical (unpaired) electrons. The summed E-state index contributed by atoms with van der Waals surface area (Å²) in [5.74, 6) is -0.231. The molecule has 0 aliphatic carbocycles. The molecule has 4 rings (SSSR count). The quantitative estimate of drug-likeness (QED) is 0.271. The number of para-hydroxylation sites is 4. The SMILES string of the molecule is O=C(CCCC(=O)N(Nc1ccccc1)c1ccccc1)N(Nc1ccccc1)c1ccccc1. The van der Waals surface area contributed by atoms with Gasteiger partial charge in [0.1, 0.15) is 0 Å². The monoisotopic (exact) mass is 464 g/mol. The number of amides is 2. The summed E-state index contributed by atoms with van der Waals surface area (Å²) in [6.45, 7) is 0. The topological polar surface area (TPSA) is 64.7 Å². The predicted octanol–water partition coefficient (Wildman–Crippen LogP) is 6.28. The Morgan fingerprint density at radius 2 is 0.800 bits per heavy atom. The minimum Gasteiger partial charge on any atom is -0.291 e. The average molecular weight is 465 g/mol. The zero-order chi connectivity index (χ0) is 24.3. The summed E-state index contributed by atoms with van der Waals surface area (Å²) in [4.78, 5) is 26.4. The molecule has 0 spiro atoms. The molecule has 0 aromatic heterocycles. The molecule has 0 atom stereocenters. The van der Waals surface area contributed by atoms with E-state index in [4.69, 9.17) is 0 Å². The Kier molecular flexibility index (Phi) is 8.11. The highest BCUT2D eigenvalue weighted by Gasteiger charge is 2.19. The molecule has 0 bridgehead atoms. The van der Waals surface area contributed by atoms with Crippen LogP contribution in [0, 0.1) is 0 Å². The van der Waals surface area contributed by atoms with E-state index in [1.807, 2.05) is 121 Å². The van der Waals surface area contributed by atoms with Crippen LogP contribution in [0.15, 0.2) is 121 Å². The first-order chi connectivity index (χ1) is 17.2. The Bertz CT molecular complexity index is 1110. The smallest absolute Gasteiger partial charge is 0.245 e. The largest absolute Gasteiger partial charge is 0.291 e. The number of hydrogen-bond donors (Lipinski definition) is 2. The minimum atomic E-state index is -0.116. The molecule has 0 aliphatic rings. The van der Waals surface area contributed by atoms with E-state index in [9.17, 15) is 9.59 Å². The van der Waals surface area contributed by atoms with Crippen molar-refractivity contribution in [3.8, 4) is 0 Å². The van der Waals surface area contributed by atoms with Crippen LogP contribution in [0.1, 0.15) is 19.3 Å². The minimum absolute atomic E-state index is 0.116. The van der Waals surface area contributed by atoms with E-state index in [0.717, 1.165) is 22.7 Å². The Balaban J connectivity index is 1.42. The van der Waals surface area contributed by atoms with Gasteiger partial charge in [0.25, 0.3) is 0 Å². The van der Waals surface area contributed by atoms with Crippen LogP contribution in [0.25, 0.3) is 0 Å². The normalized spacial score (nSPS) is 10.3. The molecular formula is C29H28N4O2. The Morgan fingerprint density at radius 1 is 0.486 bits per heavy atom. The Labute approximate surface area is 205 Å². The molecule has 0 saturated heterocycles. The van der Waals surface area contributed by atoms with Gasteiger partial charge < -0.3 is 0 Å². The summed E-state index contributed by atoms with van der Waals surface area (Å²) in [5, 5.41) is 3.08. The predicted molar refractivity (Wildman–Crippen MR) is 142 cm³/mol. The second-order valence-electron chi connectivity index (χ2n) is 7.94. The number of anilines is 4. The second kappa shape index (κ2) is 12.0. The molecule has 4 aromatic carbocycles. The molecule has 0 heterocycles. The fraction of sp³-hybridized carbons (Fsp3) is 0.103. The molecule has 4 aromatic rings. The standard InChI is InChI=1S/C29H28N4O2/c34-28(32(26-18-9-3-10-19-26)30-24-14-5-1-6-15-24)22-13-23-29(35)33(27-20-11-4-12-21-27)31-25-16-7-2-8-17-25/h1-12,14-21,30-31H,13,22-23H2. The molecule has 6 heteroatoms. The first kappa shape index (κ1) is 23.6. The van der Waals surface area contributed by atoms with Crippen molar-refractivity contribution in [2.45, 2.75) is 19.3 Å². The van der Waals surface area contributed by atoms with E-state index >= 15 is 0 Å². The molecule has 2 amide bonds. The lowest BCUT2D eigenvalue weighted by Gasteiger charge is -2.26. The third-order valence-electron chi connectivity index (χ3n) is 5.34. The van der Waals surface area contributed by atoms with Crippen molar-refractivity contribution >= 4 is 34.6 Å². The molecular weight excluding hydrogens is 436 g/mol. The van der Waals surface area contributed by atoms with Gasteiger partial charge in [-0.2, -0.15) is 0 Å². The number of rotatable bonds is 10. The van der Waals surface area contributed by atoms with Crippen LogP contribution in [-0.2, 0) is 9.59 Å². The van der Waals surface area contributed by atoms with E-state index in [-0.39, 0.29) is 24.7 Å². The number of nitrogens with one attached hydrogen (secondary N) is 2. The van der Waals surface area contributed by atoms with E-state index in [0.29, 0.717) is 6.42 Å². The molecule has 176 valence electrons. The number of hydrogen-bond acceptors (Lipinski definition) is 4. The van der Waals surface area contributed by atoms with Gasteiger partial charge in [-0.25, -0.2) is 10.0 Å². The second-order valence-corrected chi connectivity index (χ2v) is 7.94. The third kappa shape index (κ3) is 6.71. The number of carbonyl (C=O) groups is 2. The van der Waals surface area contributed by atoms with Crippen LogP contribution in [0.4, 0.5) is 22.7 Å².